The molecule has 0 aliphatic heterocycles. The van der Waals surface area contributed by atoms with E-state index in [1.807, 2.05) is 24.3 Å². The van der Waals surface area contributed by atoms with Gasteiger partial charge in [0, 0.05) is 6.04 Å². The van der Waals surface area contributed by atoms with Gasteiger partial charge in [-0.05, 0) is 42.9 Å². The Bertz CT molecular complexity index is 458. The first-order chi connectivity index (χ1) is 10.2. The molecule has 2 atom stereocenters. The molecule has 0 bridgehead atoms. The molecule has 1 aromatic carbocycles. The molecule has 3 heteroatoms. The molecule has 0 saturated heterocycles. The van der Waals surface area contributed by atoms with Crippen LogP contribution < -0.4 is 10.1 Å². The van der Waals surface area contributed by atoms with Gasteiger partial charge in [-0.2, -0.15) is 0 Å². The molecule has 1 amide bonds. The number of rotatable bonds is 7. The summed E-state index contributed by atoms with van der Waals surface area (Å²) in [7, 11) is 1.65. The Labute approximate surface area is 128 Å². The highest BCUT2D eigenvalue weighted by Gasteiger charge is 2.27. The van der Waals surface area contributed by atoms with E-state index in [1.54, 1.807) is 7.11 Å². The van der Waals surface area contributed by atoms with Crippen LogP contribution in [0.25, 0.3) is 0 Å². The third kappa shape index (κ3) is 4.76. The van der Waals surface area contributed by atoms with E-state index in [2.05, 4.69) is 12.2 Å². The maximum atomic E-state index is 12.2. The summed E-state index contributed by atoms with van der Waals surface area (Å²) in [6.45, 7) is 2.23. The molecule has 116 valence electrons. The average Bonchev–Trinajstić information content (AvgIpc) is 2.92. The number of ether oxygens (including phenoxy) is 1. The van der Waals surface area contributed by atoms with Crippen LogP contribution in [0.1, 0.15) is 51.0 Å². The average molecular weight is 289 g/mol. The van der Waals surface area contributed by atoms with Crippen molar-refractivity contribution in [2.24, 2.45) is 5.92 Å². The van der Waals surface area contributed by atoms with Gasteiger partial charge in [-0.1, -0.05) is 38.3 Å². The third-order valence-corrected chi connectivity index (χ3v) is 4.43. The number of carbonyl (C=O) groups excluding carboxylic acids is 1. The van der Waals surface area contributed by atoms with Gasteiger partial charge in [-0.3, -0.25) is 4.79 Å². The van der Waals surface area contributed by atoms with Crippen molar-refractivity contribution in [2.45, 2.75) is 57.9 Å². The van der Waals surface area contributed by atoms with Gasteiger partial charge < -0.3 is 10.1 Å². The Morgan fingerprint density at radius 3 is 3.00 bits per heavy atom. The van der Waals surface area contributed by atoms with Crippen molar-refractivity contribution >= 4 is 5.91 Å². The highest BCUT2D eigenvalue weighted by molar-refractivity contribution is 5.79. The van der Waals surface area contributed by atoms with E-state index < -0.39 is 0 Å². The summed E-state index contributed by atoms with van der Waals surface area (Å²) in [5.41, 5.74) is 1.01. The molecule has 2 rings (SSSR count). The monoisotopic (exact) mass is 289 g/mol. The standard InChI is InChI=1S/C18H27NO2/c1-3-4-8-15-9-6-11-17(15)19-18(20)13-14-7-5-10-16(12-14)21-2/h5,7,10,12,15,17H,3-4,6,8-9,11,13H2,1-2H3,(H,19,20). The molecule has 0 heterocycles. The zero-order chi connectivity index (χ0) is 15.1. The fourth-order valence-electron chi connectivity index (χ4n) is 3.26. The first-order valence-corrected chi connectivity index (χ1v) is 8.15. The lowest BCUT2D eigenvalue weighted by Gasteiger charge is -2.21. The maximum Gasteiger partial charge on any atom is 0.224 e. The predicted octanol–water partition coefficient (Wildman–Crippen LogP) is 3.71. The summed E-state index contributed by atoms with van der Waals surface area (Å²) in [6, 6.07) is 8.13. The Hall–Kier alpha value is -1.51. The summed E-state index contributed by atoms with van der Waals surface area (Å²) < 4.78 is 5.20. The molecule has 3 nitrogen and oxygen atoms in total. The normalized spacial score (nSPS) is 21.2. The highest BCUT2D eigenvalue weighted by Crippen LogP contribution is 2.29. The summed E-state index contributed by atoms with van der Waals surface area (Å²) in [4.78, 5) is 12.2. The lowest BCUT2D eigenvalue weighted by molar-refractivity contribution is -0.121. The van der Waals surface area contributed by atoms with Crippen molar-refractivity contribution in [1.82, 2.24) is 5.32 Å². The third-order valence-electron chi connectivity index (χ3n) is 4.43. The topological polar surface area (TPSA) is 38.3 Å². The zero-order valence-corrected chi connectivity index (χ0v) is 13.2. The molecular formula is C18H27NO2. The van der Waals surface area contributed by atoms with Crippen molar-refractivity contribution in [1.29, 1.82) is 0 Å². The Kier molecular flexibility index (Phi) is 6.09. The van der Waals surface area contributed by atoms with Crippen molar-refractivity contribution in [3.8, 4) is 5.75 Å². The van der Waals surface area contributed by atoms with Crippen LogP contribution in [0.5, 0.6) is 5.75 Å². The second-order valence-corrected chi connectivity index (χ2v) is 6.04. The van der Waals surface area contributed by atoms with Gasteiger partial charge >= 0.3 is 0 Å². The van der Waals surface area contributed by atoms with E-state index in [4.69, 9.17) is 4.74 Å². The lowest BCUT2D eigenvalue weighted by atomic mass is 9.96. The lowest BCUT2D eigenvalue weighted by Crippen LogP contribution is -2.38. The number of unbranched alkanes of at least 4 members (excludes halogenated alkanes) is 1. The number of methoxy groups -OCH3 is 1. The SMILES string of the molecule is CCCCC1CCCC1NC(=O)Cc1cccc(OC)c1. The molecular weight excluding hydrogens is 262 g/mol. The summed E-state index contributed by atoms with van der Waals surface area (Å²) >= 11 is 0. The Balaban J connectivity index is 1.85. The fourth-order valence-corrected chi connectivity index (χ4v) is 3.26. The molecule has 21 heavy (non-hydrogen) atoms. The van der Waals surface area contributed by atoms with E-state index in [-0.39, 0.29) is 5.91 Å². The Morgan fingerprint density at radius 2 is 2.24 bits per heavy atom. The smallest absolute Gasteiger partial charge is 0.224 e. The van der Waals surface area contributed by atoms with E-state index in [9.17, 15) is 4.79 Å². The van der Waals surface area contributed by atoms with Crippen molar-refractivity contribution in [2.75, 3.05) is 7.11 Å². The van der Waals surface area contributed by atoms with E-state index in [0.29, 0.717) is 18.4 Å². The molecule has 1 saturated carbocycles. The number of nitrogens with one attached hydrogen (secondary N) is 1. The van der Waals surface area contributed by atoms with Crippen molar-refractivity contribution in [3.05, 3.63) is 29.8 Å². The molecule has 1 aliphatic rings. The number of benzene rings is 1. The van der Waals surface area contributed by atoms with Gasteiger partial charge in [0.05, 0.1) is 13.5 Å². The number of hydrogen-bond acceptors (Lipinski definition) is 2. The van der Waals surface area contributed by atoms with E-state index in [1.165, 1.54) is 32.1 Å². The summed E-state index contributed by atoms with van der Waals surface area (Å²) in [6.07, 6.45) is 7.85. The van der Waals surface area contributed by atoms with E-state index in [0.717, 1.165) is 17.7 Å². The van der Waals surface area contributed by atoms with Crippen LogP contribution in [0.2, 0.25) is 0 Å². The molecule has 2 unspecified atom stereocenters. The summed E-state index contributed by atoms with van der Waals surface area (Å²) in [5.74, 6) is 1.62. The van der Waals surface area contributed by atoms with Gasteiger partial charge in [-0.15, -0.1) is 0 Å². The first kappa shape index (κ1) is 15.9. The van der Waals surface area contributed by atoms with Gasteiger partial charge in [0.15, 0.2) is 0 Å². The number of amides is 1. The van der Waals surface area contributed by atoms with Crippen molar-refractivity contribution < 1.29 is 9.53 Å². The minimum atomic E-state index is 0.136. The molecule has 1 aliphatic carbocycles. The molecule has 1 aromatic rings. The van der Waals surface area contributed by atoms with Gasteiger partial charge in [-0.25, -0.2) is 0 Å². The molecule has 0 spiro atoms. The van der Waals surface area contributed by atoms with Crippen LogP contribution in [-0.2, 0) is 11.2 Å². The van der Waals surface area contributed by atoms with Gasteiger partial charge in [0.2, 0.25) is 5.91 Å². The molecule has 0 radical (unpaired) electrons. The summed E-state index contributed by atoms with van der Waals surface area (Å²) in [5, 5.41) is 3.24. The minimum absolute atomic E-state index is 0.136. The van der Waals surface area contributed by atoms with Crippen LogP contribution in [0.4, 0.5) is 0 Å². The van der Waals surface area contributed by atoms with Crippen LogP contribution in [0.3, 0.4) is 0 Å². The van der Waals surface area contributed by atoms with Gasteiger partial charge in [0.1, 0.15) is 5.75 Å². The van der Waals surface area contributed by atoms with Crippen LogP contribution >= 0.6 is 0 Å². The van der Waals surface area contributed by atoms with Gasteiger partial charge in [0.25, 0.3) is 0 Å². The Morgan fingerprint density at radius 1 is 1.38 bits per heavy atom. The number of hydrogen-bond donors (Lipinski definition) is 1. The fraction of sp³-hybridized carbons (Fsp3) is 0.611. The van der Waals surface area contributed by atoms with Crippen molar-refractivity contribution in [3.63, 3.8) is 0 Å². The van der Waals surface area contributed by atoms with E-state index >= 15 is 0 Å². The number of carbonyl (C=O) groups is 1. The maximum absolute atomic E-state index is 12.2. The predicted molar refractivity (Wildman–Crippen MR) is 85.5 cm³/mol. The molecule has 1 N–H and O–H groups in total. The van der Waals surface area contributed by atoms with Crippen LogP contribution in [-0.4, -0.2) is 19.1 Å². The minimum Gasteiger partial charge on any atom is -0.497 e. The highest BCUT2D eigenvalue weighted by atomic mass is 16.5. The zero-order valence-electron chi connectivity index (χ0n) is 13.2. The van der Waals surface area contributed by atoms with Crippen LogP contribution in [0, 0.1) is 5.92 Å². The molecule has 1 fully saturated rings. The molecule has 0 aromatic heterocycles. The quantitative estimate of drug-likeness (QED) is 0.831. The second-order valence-electron chi connectivity index (χ2n) is 6.04. The first-order valence-electron chi connectivity index (χ1n) is 8.15. The largest absolute Gasteiger partial charge is 0.497 e. The second kappa shape index (κ2) is 8.06. The van der Waals surface area contributed by atoms with Crippen LogP contribution in [0.15, 0.2) is 24.3 Å².